The number of hydrogen-bond acceptors (Lipinski definition) is 5. The third-order valence-corrected chi connectivity index (χ3v) is 4.76. The minimum absolute atomic E-state index is 0.0746. The van der Waals surface area contributed by atoms with Gasteiger partial charge in [-0.3, -0.25) is 14.2 Å². The first-order chi connectivity index (χ1) is 14.6. The number of benzene rings is 3. The van der Waals surface area contributed by atoms with Crippen LogP contribution in [0, 0.1) is 0 Å². The van der Waals surface area contributed by atoms with Crippen LogP contribution >= 0.6 is 0 Å². The van der Waals surface area contributed by atoms with Crippen molar-refractivity contribution in [2.75, 3.05) is 0 Å². The summed E-state index contributed by atoms with van der Waals surface area (Å²) >= 11 is 0. The Bertz CT molecular complexity index is 1220. The monoisotopic (exact) mass is 401 g/mol. The lowest BCUT2D eigenvalue weighted by atomic mass is 10.00. The van der Waals surface area contributed by atoms with E-state index in [1.54, 1.807) is 72.8 Å². The van der Waals surface area contributed by atoms with Gasteiger partial charge in [-0.2, -0.15) is 0 Å². The molecule has 0 aliphatic rings. The predicted molar refractivity (Wildman–Crippen MR) is 111 cm³/mol. The Hall–Kier alpha value is -3.93. The molecule has 4 aromatic rings. The fourth-order valence-corrected chi connectivity index (χ4v) is 3.27. The van der Waals surface area contributed by atoms with Crippen molar-refractivity contribution in [1.29, 1.82) is 0 Å². The molecule has 6 nitrogen and oxygen atoms in total. The van der Waals surface area contributed by atoms with Crippen LogP contribution in [0.5, 0.6) is 0 Å². The summed E-state index contributed by atoms with van der Waals surface area (Å²) in [5.41, 5.74) is 2.11. The molecule has 0 amide bonds. The molecule has 1 heterocycles. The summed E-state index contributed by atoms with van der Waals surface area (Å²) in [7, 11) is 0. The zero-order valence-electron chi connectivity index (χ0n) is 16.1. The van der Waals surface area contributed by atoms with E-state index in [2.05, 4.69) is 0 Å². The van der Waals surface area contributed by atoms with E-state index in [-0.39, 0.29) is 18.7 Å². The molecule has 3 aromatic carbocycles. The number of ether oxygens (including phenoxy) is 1. The Morgan fingerprint density at radius 1 is 0.867 bits per heavy atom. The predicted octanol–water partition coefficient (Wildman–Crippen LogP) is 4.15. The van der Waals surface area contributed by atoms with E-state index in [4.69, 9.17) is 9.15 Å². The normalized spacial score (nSPS) is 11.9. The molecule has 0 aliphatic heterocycles. The molecular weight excluding hydrogens is 382 g/mol. The maximum absolute atomic E-state index is 13.0. The van der Waals surface area contributed by atoms with Gasteiger partial charge < -0.3 is 9.15 Å². The third kappa shape index (κ3) is 4.07. The minimum atomic E-state index is -1.06. The fraction of sp³-hybridized carbons (Fsp3) is 0.125. The van der Waals surface area contributed by atoms with E-state index in [0.717, 1.165) is 0 Å². The average Bonchev–Trinajstić information content (AvgIpc) is 3.11. The molecule has 150 valence electrons. The Balaban J connectivity index is 1.52. The van der Waals surface area contributed by atoms with Crippen molar-refractivity contribution in [3.63, 3.8) is 0 Å². The van der Waals surface area contributed by atoms with Crippen LogP contribution in [0.25, 0.3) is 11.1 Å². The van der Waals surface area contributed by atoms with Gasteiger partial charge in [-0.05, 0) is 12.1 Å². The second kappa shape index (κ2) is 8.61. The van der Waals surface area contributed by atoms with Gasteiger partial charge in [0.1, 0.15) is 0 Å². The quantitative estimate of drug-likeness (QED) is 0.343. The van der Waals surface area contributed by atoms with Gasteiger partial charge >= 0.3 is 11.7 Å². The standard InChI is InChI=1S/C24H19NO5/c26-21(15-16-25-19-13-7-8-14-20(19)29-24(25)28)30-23(18-11-5-2-6-12-18)22(27)17-9-3-1-4-10-17/h1-14,23H,15-16H2/t23-/m1/s1. The Morgan fingerprint density at radius 3 is 2.23 bits per heavy atom. The fourth-order valence-electron chi connectivity index (χ4n) is 3.27. The van der Waals surface area contributed by atoms with Gasteiger partial charge in [0.15, 0.2) is 11.7 Å². The second-order valence-electron chi connectivity index (χ2n) is 6.75. The van der Waals surface area contributed by atoms with Gasteiger partial charge in [-0.15, -0.1) is 0 Å². The van der Waals surface area contributed by atoms with Crippen molar-refractivity contribution in [1.82, 2.24) is 4.57 Å². The first kappa shape index (κ1) is 19.4. The molecular formula is C24H19NO5. The van der Waals surface area contributed by atoms with Crippen LogP contribution in [-0.2, 0) is 16.1 Å². The topological polar surface area (TPSA) is 78.5 Å². The maximum atomic E-state index is 13.0. The van der Waals surface area contributed by atoms with E-state index in [0.29, 0.717) is 22.2 Å². The summed E-state index contributed by atoms with van der Waals surface area (Å²) in [6, 6.07) is 24.6. The summed E-state index contributed by atoms with van der Waals surface area (Å²) in [6.07, 6.45) is -1.13. The first-order valence-corrected chi connectivity index (χ1v) is 9.55. The van der Waals surface area contributed by atoms with Crippen LogP contribution in [0.15, 0.2) is 94.1 Å². The molecule has 0 N–H and O–H groups in total. The van der Waals surface area contributed by atoms with E-state index in [1.165, 1.54) is 4.57 Å². The van der Waals surface area contributed by atoms with Crippen molar-refractivity contribution < 1.29 is 18.7 Å². The smallest absolute Gasteiger partial charge is 0.419 e. The van der Waals surface area contributed by atoms with Gasteiger partial charge in [0.25, 0.3) is 0 Å². The molecule has 6 heteroatoms. The Kier molecular flexibility index (Phi) is 5.57. The molecule has 0 unspecified atom stereocenters. The van der Waals surface area contributed by atoms with Gasteiger partial charge in [-0.25, -0.2) is 4.79 Å². The number of carbonyl (C=O) groups excluding carboxylic acids is 2. The number of nitrogens with zero attached hydrogens (tertiary/aromatic N) is 1. The number of aryl methyl sites for hydroxylation is 1. The average molecular weight is 401 g/mol. The van der Waals surface area contributed by atoms with Crippen LogP contribution in [0.3, 0.4) is 0 Å². The van der Waals surface area contributed by atoms with Crippen molar-refractivity contribution in [3.05, 3.63) is 107 Å². The molecule has 0 saturated carbocycles. The highest BCUT2D eigenvalue weighted by molar-refractivity contribution is 6.01. The molecule has 0 aliphatic carbocycles. The molecule has 30 heavy (non-hydrogen) atoms. The van der Waals surface area contributed by atoms with Crippen molar-refractivity contribution in [2.45, 2.75) is 19.1 Å². The summed E-state index contributed by atoms with van der Waals surface area (Å²) < 4.78 is 12.1. The Labute approximate surface area is 172 Å². The highest BCUT2D eigenvalue weighted by atomic mass is 16.5. The van der Waals surface area contributed by atoms with Crippen molar-refractivity contribution in [3.8, 4) is 0 Å². The van der Waals surface area contributed by atoms with Gasteiger partial charge in [0.2, 0.25) is 5.78 Å². The van der Waals surface area contributed by atoms with Crippen LogP contribution in [0.2, 0.25) is 0 Å². The number of aromatic nitrogens is 1. The van der Waals surface area contributed by atoms with Gasteiger partial charge in [0, 0.05) is 17.7 Å². The summed E-state index contributed by atoms with van der Waals surface area (Å²) in [5, 5.41) is 0. The summed E-state index contributed by atoms with van der Waals surface area (Å²) in [4.78, 5) is 37.7. The number of rotatable bonds is 7. The van der Waals surface area contributed by atoms with Gasteiger partial charge in [-0.1, -0.05) is 72.8 Å². The van der Waals surface area contributed by atoms with E-state index < -0.39 is 17.8 Å². The number of ketones is 1. The number of fused-ring (bicyclic) bond motifs is 1. The number of oxazole rings is 1. The first-order valence-electron chi connectivity index (χ1n) is 9.55. The molecule has 4 rings (SSSR count). The Morgan fingerprint density at radius 2 is 1.50 bits per heavy atom. The number of para-hydroxylation sites is 2. The SMILES string of the molecule is O=C(CCn1c(=O)oc2ccccc21)O[C@@H](C(=O)c1ccccc1)c1ccccc1. The van der Waals surface area contributed by atoms with E-state index in [9.17, 15) is 14.4 Å². The largest absolute Gasteiger partial charge is 0.449 e. The van der Waals surface area contributed by atoms with E-state index >= 15 is 0 Å². The highest BCUT2D eigenvalue weighted by Gasteiger charge is 2.26. The minimum Gasteiger partial charge on any atom is -0.449 e. The van der Waals surface area contributed by atoms with Crippen LogP contribution in [0.4, 0.5) is 0 Å². The molecule has 1 aromatic heterocycles. The lowest BCUT2D eigenvalue weighted by Gasteiger charge is -2.17. The van der Waals surface area contributed by atoms with Crippen LogP contribution in [-0.4, -0.2) is 16.3 Å². The van der Waals surface area contributed by atoms with Gasteiger partial charge in [0.05, 0.1) is 11.9 Å². The van der Waals surface area contributed by atoms with E-state index in [1.807, 2.05) is 12.1 Å². The van der Waals surface area contributed by atoms with Crippen molar-refractivity contribution in [2.24, 2.45) is 0 Å². The molecule has 0 spiro atoms. The van der Waals surface area contributed by atoms with Crippen molar-refractivity contribution >= 4 is 22.9 Å². The third-order valence-electron chi connectivity index (χ3n) is 4.76. The summed E-state index contributed by atoms with van der Waals surface area (Å²) in [6.45, 7) is 0.0930. The lowest BCUT2D eigenvalue weighted by Crippen LogP contribution is -2.22. The molecule has 0 saturated heterocycles. The molecule has 1 atom stereocenters. The molecule has 0 radical (unpaired) electrons. The lowest BCUT2D eigenvalue weighted by molar-refractivity contribution is -0.147. The number of hydrogen-bond donors (Lipinski definition) is 0. The zero-order valence-corrected chi connectivity index (χ0v) is 16.1. The number of esters is 1. The molecule has 0 bridgehead atoms. The highest BCUT2D eigenvalue weighted by Crippen LogP contribution is 2.23. The van der Waals surface area contributed by atoms with Crippen LogP contribution in [0.1, 0.15) is 28.4 Å². The maximum Gasteiger partial charge on any atom is 0.419 e. The number of Topliss-reactive ketones (excluding diaryl/α,β-unsaturated/α-hetero) is 1. The zero-order chi connectivity index (χ0) is 20.9. The second-order valence-corrected chi connectivity index (χ2v) is 6.75. The van der Waals surface area contributed by atoms with Crippen LogP contribution < -0.4 is 5.76 Å². The summed E-state index contributed by atoms with van der Waals surface area (Å²) in [5.74, 6) is -1.42. The number of carbonyl (C=O) groups is 2. The molecule has 0 fully saturated rings.